The first-order valence-electron chi connectivity index (χ1n) is 6.47. The summed E-state index contributed by atoms with van der Waals surface area (Å²) in [6.45, 7) is 4.06. The first-order chi connectivity index (χ1) is 9.74. The van der Waals surface area contributed by atoms with E-state index in [0.717, 1.165) is 17.9 Å². The molecule has 0 bridgehead atoms. The number of ether oxygens (including phenoxy) is 2. The highest BCUT2D eigenvalue weighted by molar-refractivity contribution is 7.09. The molecule has 0 atom stereocenters. The average Bonchev–Trinajstić information content (AvgIpc) is 2.94. The molecule has 2 rings (SSSR count). The van der Waals surface area contributed by atoms with Crippen molar-refractivity contribution in [2.75, 3.05) is 13.7 Å². The van der Waals surface area contributed by atoms with Gasteiger partial charge >= 0.3 is 0 Å². The minimum atomic E-state index is 0. The predicted octanol–water partition coefficient (Wildman–Crippen LogP) is 4.52. The van der Waals surface area contributed by atoms with Crippen molar-refractivity contribution in [2.45, 2.75) is 20.0 Å². The average molecular weight is 348 g/mol. The van der Waals surface area contributed by atoms with Gasteiger partial charge in [0.05, 0.1) is 13.7 Å². The van der Waals surface area contributed by atoms with Crippen molar-refractivity contribution in [3.05, 3.63) is 45.1 Å². The molecule has 21 heavy (non-hydrogen) atoms. The summed E-state index contributed by atoms with van der Waals surface area (Å²) in [5.41, 5.74) is 1.01. The van der Waals surface area contributed by atoms with Crippen LogP contribution in [0.4, 0.5) is 0 Å². The SMILES string of the molecule is CCOc1c(CNCc2cccs2)cc(Cl)cc1OC.Cl. The lowest BCUT2D eigenvalue weighted by Gasteiger charge is -2.15. The van der Waals surface area contributed by atoms with Crippen LogP contribution < -0.4 is 14.8 Å². The highest BCUT2D eigenvalue weighted by Gasteiger charge is 2.12. The lowest BCUT2D eigenvalue weighted by molar-refractivity contribution is 0.307. The Balaban J connectivity index is 0.00000220. The minimum absolute atomic E-state index is 0. The van der Waals surface area contributed by atoms with Crippen LogP contribution in [0.25, 0.3) is 0 Å². The maximum Gasteiger partial charge on any atom is 0.165 e. The van der Waals surface area contributed by atoms with Gasteiger partial charge in [0.1, 0.15) is 0 Å². The standard InChI is InChI=1S/C15H18ClNO2S.ClH/c1-3-19-15-11(7-12(16)8-14(15)18-2)9-17-10-13-5-4-6-20-13;/h4-8,17H,3,9-10H2,1-2H3;1H. The predicted molar refractivity (Wildman–Crippen MR) is 91.3 cm³/mol. The van der Waals surface area contributed by atoms with Gasteiger partial charge in [0.2, 0.25) is 0 Å². The Morgan fingerprint density at radius 2 is 2.10 bits per heavy atom. The summed E-state index contributed by atoms with van der Waals surface area (Å²) in [7, 11) is 1.62. The molecule has 1 aromatic carbocycles. The fourth-order valence-corrected chi connectivity index (χ4v) is 2.85. The van der Waals surface area contributed by atoms with Crippen molar-refractivity contribution in [2.24, 2.45) is 0 Å². The van der Waals surface area contributed by atoms with Gasteiger partial charge in [0.25, 0.3) is 0 Å². The molecule has 0 saturated carbocycles. The second-order valence-electron chi connectivity index (χ2n) is 4.21. The van der Waals surface area contributed by atoms with Gasteiger partial charge in [-0.25, -0.2) is 0 Å². The van der Waals surface area contributed by atoms with E-state index in [2.05, 4.69) is 22.8 Å². The summed E-state index contributed by atoms with van der Waals surface area (Å²) in [6, 6.07) is 7.85. The summed E-state index contributed by atoms with van der Waals surface area (Å²) in [5, 5.41) is 6.12. The zero-order chi connectivity index (χ0) is 14.4. The third-order valence-electron chi connectivity index (χ3n) is 2.80. The molecule has 2 aromatic rings. The van der Waals surface area contributed by atoms with Crippen molar-refractivity contribution in [3.8, 4) is 11.5 Å². The zero-order valence-corrected chi connectivity index (χ0v) is 14.4. The zero-order valence-electron chi connectivity index (χ0n) is 12.0. The number of benzene rings is 1. The molecule has 0 amide bonds. The van der Waals surface area contributed by atoms with Crippen LogP contribution in [-0.2, 0) is 13.1 Å². The molecule has 0 radical (unpaired) electrons. The maximum absolute atomic E-state index is 6.12. The van der Waals surface area contributed by atoms with Gasteiger partial charge in [-0.15, -0.1) is 23.7 Å². The summed E-state index contributed by atoms with van der Waals surface area (Å²) < 4.78 is 11.0. The molecule has 0 unspecified atom stereocenters. The Kier molecular flexibility index (Phi) is 7.89. The van der Waals surface area contributed by atoms with E-state index in [1.807, 2.05) is 13.0 Å². The molecule has 0 saturated heterocycles. The Morgan fingerprint density at radius 1 is 1.29 bits per heavy atom. The van der Waals surface area contributed by atoms with Crippen LogP contribution in [0.15, 0.2) is 29.6 Å². The van der Waals surface area contributed by atoms with E-state index < -0.39 is 0 Å². The van der Waals surface area contributed by atoms with E-state index in [1.54, 1.807) is 24.5 Å². The van der Waals surface area contributed by atoms with E-state index >= 15 is 0 Å². The van der Waals surface area contributed by atoms with Crippen LogP contribution in [0.1, 0.15) is 17.4 Å². The second kappa shape index (κ2) is 9.15. The molecule has 0 aliphatic heterocycles. The molecular formula is C15H19Cl2NO2S. The second-order valence-corrected chi connectivity index (χ2v) is 5.68. The summed E-state index contributed by atoms with van der Waals surface area (Å²) in [4.78, 5) is 1.30. The van der Waals surface area contributed by atoms with E-state index in [-0.39, 0.29) is 12.4 Å². The Bertz CT molecular complexity index is 547. The minimum Gasteiger partial charge on any atom is -0.493 e. The lowest BCUT2D eigenvalue weighted by Crippen LogP contribution is -2.13. The van der Waals surface area contributed by atoms with Crippen LogP contribution in [0.2, 0.25) is 5.02 Å². The van der Waals surface area contributed by atoms with Gasteiger partial charge in [-0.2, -0.15) is 0 Å². The van der Waals surface area contributed by atoms with Gasteiger partial charge in [-0.05, 0) is 24.4 Å². The molecule has 1 aromatic heterocycles. The fourth-order valence-electron chi connectivity index (χ4n) is 1.95. The Morgan fingerprint density at radius 3 is 2.71 bits per heavy atom. The molecule has 116 valence electrons. The van der Waals surface area contributed by atoms with Crippen molar-refractivity contribution >= 4 is 35.3 Å². The van der Waals surface area contributed by atoms with Crippen molar-refractivity contribution in [3.63, 3.8) is 0 Å². The largest absolute Gasteiger partial charge is 0.493 e. The van der Waals surface area contributed by atoms with E-state index in [4.69, 9.17) is 21.1 Å². The number of thiophene rings is 1. The number of hydrogen-bond acceptors (Lipinski definition) is 4. The molecular weight excluding hydrogens is 329 g/mol. The molecule has 0 spiro atoms. The number of halogens is 2. The van der Waals surface area contributed by atoms with Crippen molar-refractivity contribution < 1.29 is 9.47 Å². The van der Waals surface area contributed by atoms with Gasteiger partial charge in [-0.1, -0.05) is 17.7 Å². The number of hydrogen-bond donors (Lipinski definition) is 1. The monoisotopic (exact) mass is 347 g/mol. The first-order valence-corrected chi connectivity index (χ1v) is 7.72. The Labute approximate surface area is 140 Å². The summed E-state index contributed by atoms with van der Waals surface area (Å²) in [6.07, 6.45) is 0. The molecule has 1 heterocycles. The van der Waals surface area contributed by atoms with E-state index in [9.17, 15) is 0 Å². The van der Waals surface area contributed by atoms with E-state index in [0.29, 0.717) is 23.9 Å². The molecule has 1 N–H and O–H groups in total. The first kappa shape index (κ1) is 18.1. The molecule has 0 aliphatic rings. The van der Waals surface area contributed by atoms with Crippen LogP contribution in [0.3, 0.4) is 0 Å². The highest BCUT2D eigenvalue weighted by Crippen LogP contribution is 2.34. The third kappa shape index (κ3) is 5.08. The lowest BCUT2D eigenvalue weighted by atomic mass is 10.2. The number of methoxy groups -OCH3 is 1. The van der Waals surface area contributed by atoms with Gasteiger partial charge < -0.3 is 14.8 Å². The van der Waals surface area contributed by atoms with Gasteiger partial charge in [0.15, 0.2) is 11.5 Å². The van der Waals surface area contributed by atoms with Crippen LogP contribution >= 0.6 is 35.3 Å². The van der Waals surface area contributed by atoms with Gasteiger partial charge in [-0.3, -0.25) is 0 Å². The molecule has 0 fully saturated rings. The quantitative estimate of drug-likeness (QED) is 0.798. The van der Waals surface area contributed by atoms with Crippen LogP contribution in [0.5, 0.6) is 11.5 Å². The summed E-state index contributed by atoms with van der Waals surface area (Å²) in [5.74, 6) is 1.44. The molecule has 6 heteroatoms. The molecule has 3 nitrogen and oxygen atoms in total. The smallest absolute Gasteiger partial charge is 0.165 e. The Hall–Kier alpha value is -0.940. The maximum atomic E-state index is 6.12. The van der Waals surface area contributed by atoms with Crippen molar-refractivity contribution in [1.29, 1.82) is 0 Å². The third-order valence-corrected chi connectivity index (χ3v) is 3.89. The van der Waals surface area contributed by atoms with E-state index in [1.165, 1.54) is 4.88 Å². The normalized spacial score (nSPS) is 10.0. The van der Waals surface area contributed by atoms with Gasteiger partial charge in [0, 0.05) is 34.6 Å². The number of rotatable bonds is 7. The summed E-state index contributed by atoms with van der Waals surface area (Å²) >= 11 is 7.86. The van der Waals surface area contributed by atoms with Crippen molar-refractivity contribution in [1.82, 2.24) is 5.32 Å². The fraction of sp³-hybridized carbons (Fsp3) is 0.333. The van der Waals surface area contributed by atoms with Crippen LogP contribution in [0, 0.1) is 0 Å². The topological polar surface area (TPSA) is 30.5 Å². The number of nitrogens with one attached hydrogen (secondary N) is 1. The highest BCUT2D eigenvalue weighted by atomic mass is 35.5. The molecule has 0 aliphatic carbocycles. The van der Waals surface area contributed by atoms with Crippen LogP contribution in [-0.4, -0.2) is 13.7 Å².